The van der Waals surface area contributed by atoms with Crippen LogP contribution in [0.3, 0.4) is 0 Å². The van der Waals surface area contributed by atoms with Gasteiger partial charge >= 0.3 is 6.09 Å². The number of aromatic nitrogens is 1. The fourth-order valence-electron chi connectivity index (χ4n) is 3.41. The number of aryl methyl sites for hydroxylation is 1. The summed E-state index contributed by atoms with van der Waals surface area (Å²) >= 11 is 0. The van der Waals surface area contributed by atoms with Crippen molar-refractivity contribution in [2.75, 3.05) is 6.54 Å². The van der Waals surface area contributed by atoms with Crippen LogP contribution in [0.1, 0.15) is 23.1 Å². The summed E-state index contributed by atoms with van der Waals surface area (Å²) < 4.78 is 0. The lowest BCUT2D eigenvalue weighted by atomic mass is 10.00. The molecule has 0 bridgehead atoms. The van der Waals surface area contributed by atoms with Gasteiger partial charge in [0.05, 0.1) is 11.8 Å². The van der Waals surface area contributed by atoms with Crippen molar-refractivity contribution < 1.29 is 15.0 Å². The van der Waals surface area contributed by atoms with Crippen molar-refractivity contribution in [1.82, 2.24) is 9.88 Å². The molecule has 1 amide bonds. The molecule has 6 heteroatoms. The van der Waals surface area contributed by atoms with Gasteiger partial charge in [0, 0.05) is 30.9 Å². The molecule has 0 aliphatic rings. The zero-order valence-corrected chi connectivity index (χ0v) is 17.7. The van der Waals surface area contributed by atoms with E-state index in [0.717, 1.165) is 27.9 Å². The number of benzene rings is 2. The molecule has 2 atom stereocenters. The number of carboxylic acid groups (broad SMARTS) is 1. The quantitative estimate of drug-likeness (QED) is 0.489. The maximum Gasteiger partial charge on any atom is 0.407 e. The molecule has 1 aromatic heterocycles. The van der Waals surface area contributed by atoms with Crippen LogP contribution in [0.5, 0.6) is 0 Å². The lowest BCUT2D eigenvalue weighted by Crippen LogP contribution is -2.40. The maximum absolute atomic E-state index is 11.7. The Labute approximate surface area is 183 Å². The van der Waals surface area contributed by atoms with Gasteiger partial charge in [-0.05, 0) is 42.5 Å². The molecule has 4 N–H and O–H groups in total. The van der Waals surface area contributed by atoms with E-state index in [9.17, 15) is 15.0 Å². The topological polar surface area (TPSA) is 99.7 Å². The third-order valence-electron chi connectivity index (χ3n) is 5.31. The molecule has 0 fully saturated rings. The lowest BCUT2D eigenvalue weighted by molar-refractivity contribution is 0.105. The number of nitrogens with zero attached hydrogens (tertiary/aromatic N) is 2. The van der Waals surface area contributed by atoms with E-state index in [1.807, 2.05) is 79.9 Å². The van der Waals surface area contributed by atoms with E-state index in [0.29, 0.717) is 6.42 Å². The fraction of sp³-hybridized carbons (Fsp3) is 0.280. The van der Waals surface area contributed by atoms with Crippen LogP contribution >= 0.6 is 0 Å². The zero-order valence-electron chi connectivity index (χ0n) is 17.7. The van der Waals surface area contributed by atoms with E-state index in [1.165, 1.54) is 4.90 Å². The number of carbonyl (C=O) groups is 1. The minimum Gasteiger partial charge on any atom is -0.465 e. The van der Waals surface area contributed by atoms with Crippen LogP contribution in [0.15, 0.2) is 72.9 Å². The monoisotopic (exact) mass is 419 g/mol. The Balaban J connectivity index is 1.55. The molecule has 0 saturated heterocycles. The van der Waals surface area contributed by atoms with Crippen molar-refractivity contribution in [2.24, 2.45) is 5.73 Å². The first-order valence-corrected chi connectivity index (χ1v) is 10.4. The number of pyridine rings is 1. The van der Waals surface area contributed by atoms with Gasteiger partial charge in [-0.1, -0.05) is 60.7 Å². The van der Waals surface area contributed by atoms with E-state index < -0.39 is 18.2 Å². The molecule has 0 unspecified atom stereocenters. The first kappa shape index (κ1) is 22.5. The molecule has 31 heavy (non-hydrogen) atoms. The van der Waals surface area contributed by atoms with E-state index in [2.05, 4.69) is 4.98 Å². The number of rotatable bonds is 9. The van der Waals surface area contributed by atoms with Gasteiger partial charge in [0.25, 0.3) is 0 Å². The zero-order chi connectivity index (χ0) is 22.2. The van der Waals surface area contributed by atoms with Gasteiger partial charge in [0.15, 0.2) is 0 Å². The number of aliphatic hydroxyl groups is 1. The van der Waals surface area contributed by atoms with Crippen LogP contribution in [0.2, 0.25) is 0 Å². The Bertz CT molecular complexity index is 960. The number of aliphatic hydroxyl groups excluding tert-OH is 1. The van der Waals surface area contributed by atoms with Crippen molar-refractivity contribution in [2.45, 2.75) is 38.5 Å². The molecular formula is C25H29N3O3. The van der Waals surface area contributed by atoms with Gasteiger partial charge in [-0.2, -0.15) is 0 Å². The van der Waals surface area contributed by atoms with Crippen LogP contribution in [0.4, 0.5) is 4.79 Å². The van der Waals surface area contributed by atoms with Crippen LogP contribution in [-0.2, 0) is 13.0 Å². The normalized spacial score (nSPS) is 12.9. The Morgan fingerprint density at radius 1 is 1.03 bits per heavy atom. The predicted molar refractivity (Wildman–Crippen MR) is 122 cm³/mol. The second kappa shape index (κ2) is 10.7. The molecule has 162 valence electrons. The Hall–Kier alpha value is -3.22. The summed E-state index contributed by atoms with van der Waals surface area (Å²) in [4.78, 5) is 17.4. The summed E-state index contributed by atoms with van der Waals surface area (Å²) in [5.74, 6) is 0. The summed E-state index contributed by atoms with van der Waals surface area (Å²) in [6.45, 7) is 2.45. The van der Waals surface area contributed by atoms with Crippen molar-refractivity contribution in [3.8, 4) is 11.3 Å². The van der Waals surface area contributed by atoms with Gasteiger partial charge in [0.2, 0.25) is 0 Å². The molecule has 1 heterocycles. The van der Waals surface area contributed by atoms with Gasteiger partial charge in [-0.15, -0.1) is 0 Å². The second-order valence-electron chi connectivity index (χ2n) is 7.83. The molecule has 0 spiro atoms. The molecule has 3 rings (SSSR count). The number of nitrogens with two attached hydrogens (primary N) is 1. The van der Waals surface area contributed by atoms with Crippen molar-refractivity contribution in [3.63, 3.8) is 0 Å². The summed E-state index contributed by atoms with van der Waals surface area (Å²) in [5.41, 5.74) is 11.0. The molecular weight excluding hydrogens is 390 g/mol. The average Bonchev–Trinajstić information content (AvgIpc) is 2.78. The number of hydrogen-bond donors (Lipinski definition) is 3. The van der Waals surface area contributed by atoms with Crippen LogP contribution < -0.4 is 5.73 Å². The molecule has 6 nitrogen and oxygen atoms in total. The Kier molecular flexibility index (Phi) is 7.76. The van der Waals surface area contributed by atoms with E-state index >= 15 is 0 Å². The summed E-state index contributed by atoms with van der Waals surface area (Å²) in [6, 6.07) is 21.0. The van der Waals surface area contributed by atoms with Crippen molar-refractivity contribution in [1.29, 1.82) is 0 Å². The number of hydrogen-bond acceptors (Lipinski definition) is 4. The van der Waals surface area contributed by atoms with Gasteiger partial charge < -0.3 is 20.8 Å². The molecule has 0 aliphatic heterocycles. The minimum absolute atomic E-state index is 0.209. The summed E-state index contributed by atoms with van der Waals surface area (Å²) in [6.07, 6.45) is 0.850. The highest BCUT2D eigenvalue weighted by atomic mass is 16.4. The van der Waals surface area contributed by atoms with Crippen LogP contribution in [0.25, 0.3) is 11.3 Å². The van der Waals surface area contributed by atoms with E-state index in [1.54, 1.807) is 0 Å². The fourth-order valence-corrected chi connectivity index (χ4v) is 3.41. The highest BCUT2D eigenvalue weighted by Gasteiger charge is 2.19. The SMILES string of the molecule is Cc1ccc(-c2ccc(CN(CC[C@H](O)[C@@H](N)Cc3ccccc3)C(=O)O)cc2)nc1. The van der Waals surface area contributed by atoms with Crippen LogP contribution in [-0.4, -0.2) is 44.9 Å². The second-order valence-corrected chi connectivity index (χ2v) is 7.83. The van der Waals surface area contributed by atoms with E-state index in [-0.39, 0.29) is 19.5 Å². The van der Waals surface area contributed by atoms with Crippen molar-refractivity contribution in [3.05, 3.63) is 89.6 Å². The maximum atomic E-state index is 11.7. The number of amides is 1. The van der Waals surface area contributed by atoms with Gasteiger partial charge in [0.1, 0.15) is 0 Å². The average molecular weight is 420 g/mol. The van der Waals surface area contributed by atoms with E-state index in [4.69, 9.17) is 5.73 Å². The van der Waals surface area contributed by atoms with Gasteiger partial charge in [-0.3, -0.25) is 4.98 Å². The molecule has 0 aliphatic carbocycles. The van der Waals surface area contributed by atoms with Crippen molar-refractivity contribution >= 4 is 6.09 Å². The third kappa shape index (κ3) is 6.64. The molecule has 3 aromatic rings. The Morgan fingerprint density at radius 2 is 1.74 bits per heavy atom. The summed E-state index contributed by atoms with van der Waals surface area (Å²) in [7, 11) is 0. The molecule has 2 aromatic carbocycles. The molecule has 0 saturated carbocycles. The first-order valence-electron chi connectivity index (χ1n) is 10.4. The minimum atomic E-state index is -1.02. The molecule has 0 radical (unpaired) electrons. The summed E-state index contributed by atoms with van der Waals surface area (Å²) in [5, 5.41) is 20.0. The Morgan fingerprint density at radius 3 is 2.35 bits per heavy atom. The lowest BCUT2D eigenvalue weighted by Gasteiger charge is -2.24. The third-order valence-corrected chi connectivity index (χ3v) is 5.31. The smallest absolute Gasteiger partial charge is 0.407 e. The predicted octanol–water partition coefficient (Wildman–Crippen LogP) is 3.86. The van der Waals surface area contributed by atoms with Crippen LogP contribution in [0, 0.1) is 6.92 Å². The highest BCUT2D eigenvalue weighted by Crippen LogP contribution is 2.19. The highest BCUT2D eigenvalue weighted by molar-refractivity contribution is 5.65. The first-order chi connectivity index (χ1) is 14.9. The van der Waals surface area contributed by atoms with Gasteiger partial charge in [-0.25, -0.2) is 4.79 Å². The largest absolute Gasteiger partial charge is 0.465 e. The standard InChI is InChI=1S/C25H29N3O3/c1-18-7-12-23(27-16-18)21-10-8-20(9-11-21)17-28(25(30)31)14-13-24(29)22(26)15-19-5-3-2-4-6-19/h2-12,16,22,24,29H,13-15,17,26H2,1H3,(H,30,31)/t22-,24-/m0/s1.